The number of H-pyrrole nitrogens is 2. The Morgan fingerprint density at radius 3 is 2.55 bits per heavy atom. The summed E-state index contributed by atoms with van der Waals surface area (Å²) in [5.41, 5.74) is 5.69. The summed E-state index contributed by atoms with van der Waals surface area (Å²) < 4.78 is 0. The highest BCUT2D eigenvalue weighted by Gasteiger charge is 2.22. The van der Waals surface area contributed by atoms with Crippen LogP contribution < -0.4 is 0 Å². The van der Waals surface area contributed by atoms with E-state index in [-0.39, 0.29) is 17.5 Å². The van der Waals surface area contributed by atoms with Crippen molar-refractivity contribution in [3.8, 4) is 17.1 Å². The standard InChI is InChI=1S/C32H30N6O4/c1-2-28-33-19-27(35-28)21-9-11-23(12-10-21)34-31(30-25-18-24(38(41)42)13-14-26(25)36-32(30)40)22-7-5-20(6-8-22)15-17-37-16-3-4-29(37)39/h5-14,18-19,36,40H,2-4,15-17H2,1H3,(H,33,35). The summed E-state index contributed by atoms with van der Waals surface area (Å²) in [7, 11) is 0. The Morgan fingerprint density at radius 1 is 1.10 bits per heavy atom. The average molecular weight is 563 g/mol. The Balaban J connectivity index is 1.39. The highest BCUT2D eigenvalue weighted by molar-refractivity contribution is 6.22. The molecule has 1 aliphatic rings. The van der Waals surface area contributed by atoms with Crippen LogP contribution in [0.1, 0.15) is 42.3 Å². The lowest BCUT2D eigenvalue weighted by molar-refractivity contribution is -0.384. The van der Waals surface area contributed by atoms with Crippen molar-refractivity contribution in [2.45, 2.75) is 32.6 Å². The van der Waals surface area contributed by atoms with E-state index in [9.17, 15) is 20.0 Å². The summed E-state index contributed by atoms with van der Waals surface area (Å²) in [5, 5.41) is 23.1. The van der Waals surface area contributed by atoms with Gasteiger partial charge in [-0.1, -0.05) is 43.3 Å². The predicted molar refractivity (Wildman–Crippen MR) is 161 cm³/mol. The van der Waals surface area contributed by atoms with E-state index < -0.39 is 4.92 Å². The zero-order valence-electron chi connectivity index (χ0n) is 23.1. The Morgan fingerprint density at radius 2 is 1.88 bits per heavy atom. The first kappa shape index (κ1) is 26.9. The Labute approximate surface area is 241 Å². The molecule has 0 aliphatic carbocycles. The molecule has 1 amide bonds. The van der Waals surface area contributed by atoms with Crippen LogP contribution in [-0.4, -0.2) is 54.6 Å². The fourth-order valence-corrected chi connectivity index (χ4v) is 5.35. The number of nitro benzene ring substituents is 1. The van der Waals surface area contributed by atoms with Crippen molar-refractivity contribution in [3.05, 3.63) is 106 Å². The summed E-state index contributed by atoms with van der Waals surface area (Å²) >= 11 is 0. The minimum atomic E-state index is -0.456. The number of imidazole rings is 1. The number of nitrogens with one attached hydrogen (secondary N) is 2. The number of aromatic nitrogens is 3. The molecule has 0 bridgehead atoms. The van der Waals surface area contributed by atoms with E-state index in [1.54, 1.807) is 12.3 Å². The normalized spacial score (nSPS) is 13.8. The SMILES string of the molecule is CCc1ncc(-c2ccc(N=C(c3ccc(CCN4CCCC4=O)cc3)c3c(O)[nH]c4ccc([N+](=O)[O-])cc34)cc2)[nH]1. The number of benzene rings is 3. The molecule has 5 aromatic rings. The Bertz CT molecular complexity index is 1800. The van der Waals surface area contributed by atoms with Crippen LogP contribution in [0.2, 0.25) is 0 Å². The molecular formula is C32H30N6O4. The van der Waals surface area contributed by atoms with E-state index >= 15 is 0 Å². The van der Waals surface area contributed by atoms with Gasteiger partial charge in [0.1, 0.15) is 5.82 Å². The predicted octanol–water partition coefficient (Wildman–Crippen LogP) is 6.07. The Hall–Kier alpha value is -5.25. The molecule has 3 N–H and O–H groups in total. The molecule has 0 saturated carbocycles. The van der Waals surface area contributed by atoms with Gasteiger partial charge in [0.05, 0.1) is 33.8 Å². The molecule has 10 heteroatoms. The van der Waals surface area contributed by atoms with Gasteiger partial charge in [0, 0.05) is 54.5 Å². The van der Waals surface area contributed by atoms with Crippen LogP contribution in [0.4, 0.5) is 11.4 Å². The highest BCUT2D eigenvalue weighted by Crippen LogP contribution is 2.34. The van der Waals surface area contributed by atoms with E-state index in [2.05, 4.69) is 15.0 Å². The smallest absolute Gasteiger partial charge is 0.270 e. The lowest BCUT2D eigenvalue weighted by Gasteiger charge is -2.15. The molecule has 0 atom stereocenters. The second-order valence-electron chi connectivity index (χ2n) is 10.4. The van der Waals surface area contributed by atoms with Gasteiger partial charge in [0.15, 0.2) is 5.88 Å². The van der Waals surface area contributed by atoms with Crippen LogP contribution in [0.3, 0.4) is 0 Å². The van der Waals surface area contributed by atoms with Crippen LogP contribution in [0, 0.1) is 10.1 Å². The molecule has 1 fully saturated rings. The van der Waals surface area contributed by atoms with Crippen molar-refractivity contribution in [1.82, 2.24) is 19.9 Å². The number of aliphatic imine (C=N–C) groups is 1. The van der Waals surface area contributed by atoms with Gasteiger partial charge < -0.3 is 20.0 Å². The van der Waals surface area contributed by atoms with E-state index in [0.29, 0.717) is 40.8 Å². The molecule has 1 saturated heterocycles. The van der Waals surface area contributed by atoms with E-state index in [1.807, 2.05) is 60.4 Å². The monoisotopic (exact) mass is 562 g/mol. The van der Waals surface area contributed by atoms with E-state index in [4.69, 9.17) is 4.99 Å². The number of aromatic hydroxyl groups is 1. The molecule has 0 spiro atoms. The van der Waals surface area contributed by atoms with Crippen LogP contribution in [0.15, 0.2) is 77.9 Å². The minimum absolute atomic E-state index is 0.0794. The van der Waals surface area contributed by atoms with Crippen molar-refractivity contribution < 1.29 is 14.8 Å². The summed E-state index contributed by atoms with van der Waals surface area (Å²) in [6, 6.07) is 20.0. The maximum absolute atomic E-state index is 12.0. The number of aromatic amines is 2. The zero-order valence-corrected chi connectivity index (χ0v) is 23.1. The number of carbonyl (C=O) groups excluding carboxylic acids is 1. The first-order valence-corrected chi connectivity index (χ1v) is 14.0. The van der Waals surface area contributed by atoms with Crippen molar-refractivity contribution >= 4 is 33.9 Å². The van der Waals surface area contributed by atoms with Gasteiger partial charge >= 0.3 is 0 Å². The number of hydrogen-bond donors (Lipinski definition) is 3. The van der Waals surface area contributed by atoms with Crippen LogP contribution in [0.25, 0.3) is 22.2 Å². The van der Waals surface area contributed by atoms with Crippen LogP contribution in [-0.2, 0) is 17.6 Å². The largest absolute Gasteiger partial charge is 0.494 e. The number of nitrogens with zero attached hydrogens (tertiary/aromatic N) is 4. The third-order valence-corrected chi connectivity index (χ3v) is 7.66. The molecular weight excluding hydrogens is 532 g/mol. The fraction of sp³-hybridized carbons (Fsp3) is 0.219. The molecule has 6 rings (SSSR count). The topological polar surface area (TPSA) is 141 Å². The molecule has 0 radical (unpaired) electrons. The lowest BCUT2D eigenvalue weighted by Crippen LogP contribution is -2.26. The van der Waals surface area contributed by atoms with Crippen LogP contribution >= 0.6 is 0 Å². The maximum Gasteiger partial charge on any atom is 0.270 e. The van der Waals surface area contributed by atoms with Crippen LogP contribution in [0.5, 0.6) is 5.88 Å². The van der Waals surface area contributed by atoms with Gasteiger partial charge in [-0.3, -0.25) is 14.9 Å². The Kier molecular flexibility index (Phi) is 7.26. The molecule has 1 aliphatic heterocycles. The number of fused-ring (bicyclic) bond motifs is 1. The fourth-order valence-electron chi connectivity index (χ4n) is 5.35. The molecule has 3 heterocycles. The first-order chi connectivity index (χ1) is 20.4. The number of amides is 1. The molecule has 212 valence electrons. The zero-order chi connectivity index (χ0) is 29.2. The number of aryl methyl sites for hydroxylation is 1. The summed E-state index contributed by atoms with van der Waals surface area (Å²) in [6.45, 7) is 3.52. The quantitative estimate of drug-likeness (QED) is 0.114. The summed E-state index contributed by atoms with van der Waals surface area (Å²) in [4.78, 5) is 40.6. The van der Waals surface area contributed by atoms with Gasteiger partial charge in [-0.15, -0.1) is 0 Å². The van der Waals surface area contributed by atoms with Gasteiger partial charge in [0.25, 0.3) is 5.69 Å². The minimum Gasteiger partial charge on any atom is -0.494 e. The van der Waals surface area contributed by atoms with Gasteiger partial charge in [-0.2, -0.15) is 0 Å². The molecule has 2 aromatic heterocycles. The van der Waals surface area contributed by atoms with Crippen molar-refractivity contribution in [1.29, 1.82) is 0 Å². The van der Waals surface area contributed by atoms with Gasteiger partial charge in [0.2, 0.25) is 5.91 Å². The second-order valence-corrected chi connectivity index (χ2v) is 10.4. The summed E-state index contributed by atoms with van der Waals surface area (Å²) in [6.07, 6.45) is 4.88. The molecule has 3 aromatic carbocycles. The highest BCUT2D eigenvalue weighted by atomic mass is 16.6. The number of rotatable bonds is 9. The maximum atomic E-state index is 12.0. The van der Waals surface area contributed by atoms with E-state index in [0.717, 1.165) is 54.0 Å². The number of likely N-dealkylation sites (tertiary alicyclic amines) is 1. The number of hydrogen-bond acceptors (Lipinski definition) is 6. The third-order valence-electron chi connectivity index (χ3n) is 7.66. The van der Waals surface area contributed by atoms with Crippen molar-refractivity contribution in [2.75, 3.05) is 13.1 Å². The van der Waals surface area contributed by atoms with Crippen molar-refractivity contribution in [3.63, 3.8) is 0 Å². The second kappa shape index (κ2) is 11.3. The summed E-state index contributed by atoms with van der Waals surface area (Å²) in [5.74, 6) is 0.991. The molecule has 10 nitrogen and oxygen atoms in total. The first-order valence-electron chi connectivity index (χ1n) is 14.0. The average Bonchev–Trinajstić information content (AvgIpc) is 3.73. The van der Waals surface area contributed by atoms with Gasteiger partial charge in [-0.05, 0) is 42.2 Å². The van der Waals surface area contributed by atoms with Gasteiger partial charge in [-0.25, -0.2) is 9.98 Å². The number of non-ortho nitro benzene ring substituents is 1. The van der Waals surface area contributed by atoms with Crippen molar-refractivity contribution in [2.24, 2.45) is 4.99 Å². The lowest BCUT2D eigenvalue weighted by atomic mass is 9.98. The number of carbonyl (C=O) groups is 1. The van der Waals surface area contributed by atoms with E-state index in [1.165, 1.54) is 12.1 Å². The number of nitro groups is 1. The third kappa shape index (κ3) is 5.38. The molecule has 42 heavy (non-hydrogen) atoms. The molecule has 0 unspecified atom stereocenters.